The van der Waals surface area contributed by atoms with Crippen LogP contribution in [0.4, 0.5) is 0 Å². The van der Waals surface area contributed by atoms with E-state index in [4.69, 9.17) is 4.42 Å². The van der Waals surface area contributed by atoms with Crippen molar-refractivity contribution in [3.05, 3.63) is 69.3 Å². The second-order valence-corrected chi connectivity index (χ2v) is 7.35. The topological polar surface area (TPSA) is 97.1 Å². The molecule has 28 heavy (non-hydrogen) atoms. The fraction of sp³-hybridized carbons (Fsp3) is 0.300. The van der Waals surface area contributed by atoms with E-state index in [0.29, 0.717) is 6.54 Å². The number of rotatable bonds is 7. The average Bonchev–Trinajstić information content (AvgIpc) is 3.34. The summed E-state index contributed by atoms with van der Waals surface area (Å²) in [5.74, 6) is -0.195. The zero-order valence-electron chi connectivity index (χ0n) is 16.0. The number of nitrogens with one attached hydrogen (secondary N) is 2. The highest BCUT2D eigenvalue weighted by Gasteiger charge is 2.19. The highest BCUT2D eigenvalue weighted by Crippen LogP contribution is 2.15. The first-order valence-electron chi connectivity index (χ1n) is 8.88. The smallest absolute Gasteiger partial charge is 0.273 e. The number of benzene rings is 1. The first kappa shape index (κ1) is 19.8. The molecule has 0 aliphatic carbocycles. The molecule has 0 bridgehead atoms. The van der Waals surface area contributed by atoms with E-state index in [1.165, 1.54) is 17.6 Å². The summed E-state index contributed by atoms with van der Waals surface area (Å²) < 4.78 is 5.38. The fourth-order valence-electron chi connectivity index (χ4n) is 2.69. The highest BCUT2D eigenvalue weighted by atomic mass is 32.1. The molecule has 0 saturated heterocycles. The standard InChI is InChI=1S/C20H22N4O3S/c1-12-4-5-13(2)15(6-12)7-18(25)23-14(3)20-24-17(9-27-20)19(26)21-8-16-10-28-11-22-16/h4-6,9-11,14H,7-8H2,1-3H3,(H,21,26)(H,23,25)/t14-/m0/s1. The molecule has 0 radical (unpaired) electrons. The molecule has 1 aromatic carbocycles. The van der Waals surface area contributed by atoms with Gasteiger partial charge in [0.25, 0.3) is 5.91 Å². The van der Waals surface area contributed by atoms with Crippen LogP contribution in [-0.2, 0) is 17.8 Å². The van der Waals surface area contributed by atoms with Crippen molar-refractivity contribution in [2.75, 3.05) is 0 Å². The predicted molar refractivity (Wildman–Crippen MR) is 106 cm³/mol. The van der Waals surface area contributed by atoms with E-state index in [9.17, 15) is 9.59 Å². The van der Waals surface area contributed by atoms with Crippen LogP contribution in [0.15, 0.2) is 39.8 Å². The summed E-state index contributed by atoms with van der Waals surface area (Å²) >= 11 is 1.47. The molecule has 0 unspecified atom stereocenters. The number of hydrogen-bond donors (Lipinski definition) is 2. The zero-order chi connectivity index (χ0) is 20.1. The lowest BCUT2D eigenvalue weighted by atomic mass is 10.0. The normalized spacial score (nSPS) is 11.8. The van der Waals surface area contributed by atoms with Crippen LogP contribution in [0.2, 0.25) is 0 Å². The summed E-state index contributed by atoms with van der Waals surface area (Å²) in [7, 11) is 0. The largest absolute Gasteiger partial charge is 0.446 e. The van der Waals surface area contributed by atoms with Gasteiger partial charge in [-0.3, -0.25) is 9.59 Å². The number of nitrogens with zero attached hydrogens (tertiary/aromatic N) is 2. The Hall–Kier alpha value is -3.00. The van der Waals surface area contributed by atoms with Gasteiger partial charge in [0.1, 0.15) is 12.3 Å². The maximum Gasteiger partial charge on any atom is 0.273 e. The molecule has 0 saturated carbocycles. The van der Waals surface area contributed by atoms with Crippen molar-refractivity contribution in [1.29, 1.82) is 0 Å². The SMILES string of the molecule is Cc1ccc(C)c(CC(=O)N[C@@H](C)c2nc(C(=O)NCc3cscn3)co2)c1. The zero-order valence-corrected chi connectivity index (χ0v) is 16.8. The highest BCUT2D eigenvalue weighted by molar-refractivity contribution is 7.07. The van der Waals surface area contributed by atoms with Crippen molar-refractivity contribution in [3.8, 4) is 0 Å². The van der Waals surface area contributed by atoms with Crippen LogP contribution in [0.25, 0.3) is 0 Å². The Labute approximate surface area is 167 Å². The third kappa shape index (κ3) is 5.04. The predicted octanol–water partition coefficient (Wildman–Crippen LogP) is 3.10. The molecule has 0 spiro atoms. The summed E-state index contributed by atoms with van der Waals surface area (Å²) in [4.78, 5) is 32.8. The Morgan fingerprint density at radius 3 is 2.86 bits per heavy atom. The quantitative estimate of drug-likeness (QED) is 0.637. The molecule has 2 aromatic heterocycles. The van der Waals surface area contributed by atoms with Gasteiger partial charge in [-0.05, 0) is 31.9 Å². The second-order valence-electron chi connectivity index (χ2n) is 6.63. The molecule has 8 heteroatoms. The van der Waals surface area contributed by atoms with Gasteiger partial charge in [0.15, 0.2) is 5.69 Å². The minimum atomic E-state index is -0.447. The Morgan fingerprint density at radius 2 is 2.11 bits per heavy atom. The van der Waals surface area contributed by atoms with E-state index in [-0.39, 0.29) is 29.8 Å². The Morgan fingerprint density at radius 1 is 1.29 bits per heavy atom. The van der Waals surface area contributed by atoms with Crippen LogP contribution in [0.1, 0.15) is 51.7 Å². The molecule has 2 heterocycles. The van der Waals surface area contributed by atoms with E-state index < -0.39 is 6.04 Å². The van der Waals surface area contributed by atoms with Gasteiger partial charge in [-0.25, -0.2) is 9.97 Å². The van der Waals surface area contributed by atoms with Gasteiger partial charge in [0, 0.05) is 5.38 Å². The molecule has 0 fully saturated rings. The van der Waals surface area contributed by atoms with Crippen molar-refractivity contribution in [2.45, 2.75) is 39.8 Å². The summed E-state index contributed by atoms with van der Waals surface area (Å²) in [6.45, 7) is 6.07. The lowest BCUT2D eigenvalue weighted by molar-refractivity contribution is -0.121. The van der Waals surface area contributed by atoms with Gasteiger partial charge in [0.2, 0.25) is 11.8 Å². The molecule has 0 aliphatic rings. The van der Waals surface area contributed by atoms with Crippen molar-refractivity contribution < 1.29 is 14.0 Å². The van der Waals surface area contributed by atoms with Crippen molar-refractivity contribution in [1.82, 2.24) is 20.6 Å². The van der Waals surface area contributed by atoms with Gasteiger partial charge in [-0.2, -0.15) is 0 Å². The molecule has 0 aliphatic heterocycles. The molecule has 1 atom stereocenters. The third-order valence-electron chi connectivity index (χ3n) is 4.27. The molecule has 7 nitrogen and oxygen atoms in total. The Bertz CT molecular complexity index is 966. The first-order valence-corrected chi connectivity index (χ1v) is 9.83. The van der Waals surface area contributed by atoms with Gasteiger partial charge in [-0.1, -0.05) is 23.8 Å². The summed E-state index contributed by atoms with van der Waals surface area (Å²) in [6.07, 6.45) is 1.57. The number of aryl methyl sites for hydroxylation is 2. The summed E-state index contributed by atoms with van der Waals surface area (Å²) in [6, 6.07) is 5.59. The van der Waals surface area contributed by atoms with E-state index in [1.54, 1.807) is 12.4 Å². The van der Waals surface area contributed by atoms with Crippen molar-refractivity contribution in [2.24, 2.45) is 0 Å². The van der Waals surface area contributed by atoms with E-state index in [2.05, 4.69) is 20.6 Å². The number of aromatic nitrogens is 2. The Kier molecular flexibility index (Phi) is 6.20. The van der Waals surface area contributed by atoms with Gasteiger partial charge < -0.3 is 15.1 Å². The van der Waals surface area contributed by atoms with Crippen LogP contribution in [0, 0.1) is 13.8 Å². The lowest BCUT2D eigenvalue weighted by Gasteiger charge is -2.12. The van der Waals surface area contributed by atoms with Crippen LogP contribution in [0.5, 0.6) is 0 Å². The molecule has 2 N–H and O–H groups in total. The number of oxazole rings is 1. The number of thiazole rings is 1. The molecular weight excluding hydrogens is 376 g/mol. The number of hydrogen-bond acceptors (Lipinski definition) is 6. The molecular formula is C20H22N4O3S. The number of amides is 2. The number of carbonyl (C=O) groups is 2. The summed E-state index contributed by atoms with van der Waals surface area (Å²) in [5, 5.41) is 7.46. The molecule has 3 aromatic rings. The average molecular weight is 398 g/mol. The second kappa shape index (κ2) is 8.79. The monoisotopic (exact) mass is 398 g/mol. The molecule has 2 amide bonds. The van der Waals surface area contributed by atoms with Gasteiger partial charge >= 0.3 is 0 Å². The minimum Gasteiger partial charge on any atom is -0.446 e. The third-order valence-corrected chi connectivity index (χ3v) is 4.91. The summed E-state index contributed by atoms with van der Waals surface area (Å²) in [5.41, 5.74) is 5.83. The fourth-order valence-corrected chi connectivity index (χ4v) is 3.25. The van der Waals surface area contributed by atoms with Gasteiger partial charge in [0.05, 0.1) is 24.2 Å². The minimum absolute atomic E-state index is 0.131. The van der Waals surface area contributed by atoms with E-state index in [0.717, 1.165) is 22.4 Å². The first-order chi connectivity index (χ1) is 13.4. The van der Waals surface area contributed by atoms with Crippen LogP contribution < -0.4 is 10.6 Å². The van der Waals surface area contributed by atoms with Crippen molar-refractivity contribution >= 4 is 23.2 Å². The Balaban J connectivity index is 1.55. The van der Waals surface area contributed by atoms with Crippen LogP contribution in [-0.4, -0.2) is 21.8 Å². The maximum atomic E-state index is 12.4. The van der Waals surface area contributed by atoms with Gasteiger partial charge in [-0.15, -0.1) is 11.3 Å². The van der Waals surface area contributed by atoms with Crippen LogP contribution >= 0.6 is 11.3 Å². The van der Waals surface area contributed by atoms with E-state index >= 15 is 0 Å². The molecule has 3 rings (SSSR count). The molecule has 146 valence electrons. The van der Waals surface area contributed by atoms with E-state index in [1.807, 2.05) is 37.4 Å². The maximum absolute atomic E-state index is 12.4. The number of carbonyl (C=O) groups excluding carboxylic acids is 2. The van der Waals surface area contributed by atoms with Crippen LogP contribution in [0.3, 0.4) is 0 Å². The lowest BCUT2D eigenvalue weighted by Crippen LogP contribution is -2.29. The van der Waals surface area contributed by atoms with Crippen molar-refractivity contribution in [3.63, 3.8) is 0 Å².